The molecule has 0 saturated carbocycles. The van der Waals surface area contributed by atoms with Gasteiger partial charge in [0.1, 0.15) is 0 Å². The summed E-state index contributed by atoms with van der Waals surface area (Å²) in [5, 5.41) is 0. The summed E-state index contributed by atoms with van der Waals surface area (Å²) in [6.07, 6.45) is 4.49. The van der Waals surface area contributed by atoms with Gasteiger partial charge in [-0.1, -0.05) is 6.07 Å². The lowest BCUT2D eigenvalue weighted by atomic mass is 10.0. The first-order chi connectivity index (χ1) is 7.27. The lowest BCUT2D eigenvalue weighted by Crippen LogP contribution is -2.14. The van der Waals surface area contributed by atoms with Crippen LogP contribution in [0, 0.1) is 6.92 Å². The second kappa shape index (κ2) is 4.51. The Bertz CT molecular complexity index is 425. The molecular formula is C11H13N3S. The molecule has 1 atom stereocenters. The van der Waals surface area contributed by atoms with Crippen molar-refractivity contribution in [2.24, 2.45) is 5.73 Å². The molecule has 2 heterocycles. The highest BCUT2D eigenvalue weighted by Crippen LogP contribution is 2.19. The number of hydrogen-bond donors (Lipinski definition) is 1. The summed E-state index contributed by atoms with van der Waals surface area (Å²) in [6.45, 7) is 1.99. The van der Waals surface area contributed by atoms with Crippen molar-refractivity contribution >= 4 is 11.3 Å². The van der Waals surface area contributed by atoms with Crippen LogP contribution in [0.25, 0.3) is 0 Å². The van der Waals surface area contributed by atoms with Crippen molar-refractivity contribution in [1.29, 1.82) is 0 Å². The number of pyridine rings is 1. The Balaban J connectivity index is 2.15. The maximum atomic E-state index is 6.13. The SMILES string of the molecule is Cc1ncccc1C(N)Cc1cncs1. The lowest BCUT2D eigenvalue weighted by molar-refractivity contribution is 0.717. The number of thiazole rings is 1. The summed E-state index contributed by atoms with van der Waals surface area (Å²) in [6, 6.07) is 3.97. The zero-order chi connectivity index (χ0) is 10.7. The molecule has 1 unspecified atom stereocenters. The van der Waals surface area contributed by atoms with Gasteiger partial charge in [0.05, 0.1) is 5.51 Å². The van der Waals surface area contributed by atoms with Crippen LogP contribution in [0.5, 0.6) is 0 Å². The van der Waals surface area contributed by atoms with Crippen molar-refractivity contribution in [3.05, 3.63) is 46.2 Å². The van der Waals surface area contributed by atoms with Crippen molar-refractivity contribution in [3.63, 3.8) is 0 Å². The number of rotatable bonds is 3. The molecule has 78 valence electrons. The molecule has 2 aromatic heterocycles. The van der Waals surface area contributed by atoms with Gasteiger partial charge >= 0.3 is 0 Å². The van der Waals surface area contributed by atoms with Crippen molar-refractivity contribution < 1.29 is 0 Å². The van der Waals surface area contributed by atoms with Crippen molar-refractivity contribution in [2.45, 2.75) is 19.4 Å². The van der Waals surface area contributed by atoms with E-state index in [1.165, 1.54) is 4.88 Å². The molecule has 0 aliphatic heterocycles. The van der Waals surface area contributed by atoms with Gasteiger partial charge in [0.2, 0.25) is 0 Å². The van der Waals surface area contributed by atoms with Gasteiger partial charge in [-0.3, -0.25) is 9.97 Å². The summed E-state index contributed by atoms with van der Waals surface area (Å²) < 4.78 is 0. The minimum atomic E-state index is 0.0131. The molecule has 0 bridgehead atoms. The van der Waals surface area contributed by atoms with Gasteiger partial charge in [-0.05, 0) is 18.6 Å². The van der Waals surface area contributed by atoms with Gasteiger partial charge in [0.15, 0.2) is 0 Å². The Morgan fingerprint density at radius 3 is 3.07 bits per heavy atom. The topological polar surface area (TPSA) is 51.8 Å². The Morgan fingerprint density at radius 1 is 1.53 bits per heavy atom. The minimum absolute atomic E-state index is 0.0131. The quantitative estimate of drug-likeness (QED) is 0.860. The third-order valence-electron chi connectivity index (χ3n) is 2.35. The van der Waals surface area contributed by atoms with Crippen molar-refractivity contribution in [2.75, 3.05) is 0 Å². The van der Waals surface area contributed by atoms with Gasteiger partial charge in [-0.25, -0.2) is 0 Å². The molecule has 0 radical (unpaired) electrons. The predicted molar refractivity (Wildman–Crippen MR) is 61.7 cm³/mol. The second-order valence-corrected chi connectivity index (χ2v) is 4.43. The number of nitrogens with zero attached hydrogens (tertiary/aromatic N) is 2. The van der Waals surface area contributed by atoms with Crippen LogP contribution in [0.4, 0.5) is 0 Å². The second-order valence-electron chi connectivity index (χ2n) is 3.46. The summed E-state index contributed by atoms with van der Waals surface area (Å²) in [4.78, 5) is 9.49. The minimum Gasteiger partial charge on any atom is -0.324 e. The normalized spacial score (nSPS) is 12.7. The van der Waals surface area contributed by atoms with E-state index in [1.807, 2.05) is 30.8 Å². The Morgan fingerprint density at radius 2 is 2.40 bits per heavy atom. The fraction of sp³-hybridized carbons (Fsp3) is 0.273. The molecule has 4 heteroatoms. The van der Waals surface area contributed by atoms with E-state index in [2.05, 4.69) is 9.97 Å². The monoisotopic (exact) mass is 219 g/mol. The Kier molecular flexibility index (Phi) is 3.08. The first kappa shape index (κ1) is 10.3. The summed E-state index contributed by atoms with van der Waals surface area (Å²) in [5.74, 6) is 0. The maximum absolute atomic E-state index is 6.13. The zero-order valence-corrected chi connectivity index (χ0v) is 9.37. The van der Waals surface area contributed by atoms with Gasteiger partial charge in [0, 0.05) is 35.4 Å². The molecule has 2 aromatic rings. The molecule has 0 spiro atoms. The standard InChI is InChI=1S/C11H13N3S/c1-8-10(3-2-4-14-8)11(12)5-9-6-13-7-15-9/h2-4,6-7,11H,5,12H2,1H3. The van der Waals surface area contributed by atoms with Crippen LogP contribution >= 0.6 is 11.3 Å². The Labute approximate surface area is 93.0 Å². The largest absolute Gasteiger partial charge is 0.324 e. The molecule has 0 aliphatic carbocycles. The van der Waals surface area contributed by atoms with E-state index in [4.69, 9.17) is 5.73 Å². The summed E-state index contributed by atoms with van der Waals surface area (Å²) >= 11 is 1.64. The Hall–Kier alpha value is -1.26. The fourth-order valence-corrected chi connectivity index (χ4v) is 2.21. The number of aryl methyl sites for hydroxylation is 1. The highest BCUT2D eigenvalue weighted by Gasteiger charge is 2.10. The highest BCUT2D eigenvalue weighted by atomic mass is 32.1. The molecule has 3 nitrogen and oxygen atoms in total. The first-order valence-corrected chi connectivity index (χ1v) is 5.70. The van der Waals surface area contributed by atoms with Gasteiger partial charge in [-0.15, -0.1) is 11.3 Å². The van der Waals surface area contributed by atoms with Crippen LogP contribution in [0.2, 0.25) is 0 Å². The maximum Gasteiger partial charge on any atom is 0.0794 e. The third kappa shape index (κ3) is 2.40. The highest BCUT2D eigenvalue weighted by molar-refractivity contribution is 7.09. The molecule has 15 heavy (non-hydrogen) atoms. The van der Waals surface area contributed by atoms with Gasteiger partial charge in [0.25, 0.3) is 0 Å². The number of aromatic nitrogens is 2. The smallest absolute Gasteiger partial charge is 0.0794 e. The van der Waals surface area contributed by atoms with E-state index in [9.17, 15) is 0 Å². The number of hydrogen-bond acceptors (Lipinski definition) is 4. The van der Waals surface area contributed by atoms with Crippen LogP contribution in [0.3, 0.4) is 0 Å². The molecule has 0 aliphatic rings. The van der Waals surface area contributed by atoms with E-state index in [1.54, 1.807) is 17.5 Å². The van der Waals surface area contributed by atoms with Crippen LogP contribution < -0.4 is 5.73 Å². The average molecular weight is 219 g/mol. The van der Waals surface area contributed by atoms with Crippen LogP contribution in [-0.4, -0.2) is 9.97 Å². The summed E-state index contributed by atoms with van der Waals surface area (Å²) in [7, 11) is 0. The van der Waals surface area contributed by atoms with E-state index in [0.29, 0.717) is 0 Å². The van der Waals surface area contributed by atoms with E-state index >= 15 is 0 Å². The fourth-order valence-electron chi connectivity index (χ4n) is 1.56. The predicted octanol–water partition coefficient (Wildman–Crippen LogP) is 2.09. The molecule has 0 fully saturated rings. The van der Waals surface area contributed by atoms with E-state index in [0.717, 1.165) is 17.7 Å². The molecule has 2 N–H and O–H groups in total. The van der Waals surface area contributed by atoms with Crippen LogP contribution in [-0.2, 0) is 6.42 Å². The third-order valence-corrected chi connectivity index (χ3v) is 3.15. The van der Waals surface area contributed by atoms with Gasteiger partial charge < -0.3 is 5.73 Å². The van der Waals surface area contributed by atoms with Crippen LogP contribution in [0.1, 0.15) is 22.2 Å². The number of nitrogens with two attached hydrogens (primary N) is 1. The molecule has 2 rings (SSSR count). The molecule has 0 aromatic carbocycles. The lowest BCUT2D eigenvalue weighted by Gasteiger charge is -2.12. The van der Waals surface area contributed by atoms with E-state index in [-0.39, 0.29) is 6.04 Å². The average Bonchev–Trinajstić information content (AvgIpc) is 2.71. The van der Waals surface area contributed by atoms with E-state index < -0.39 is 0 Å². The van der Waals surface area contributed by atoms with Crippen LogP contribution in [0.15, 0.2) is 30.0 Å². The molecule has 0 amide bonds. The molecular weight excluding hydrogens is 206 g/mol. The zero-order valence-electron chi connectivity index (χ0n) is 8.55. The van der Waals surface area contributed by atoms with Crippen molar-refractivity contribution in [3.8, 4) is 0 Å². The molecule has 0 saturated heterocycles. The van der Waals surface area contributed by atoms with Gasteiger partial charge in [-0.2, -0.15) is 0 Å². The summed E-state index contributed by atoms with van der Waals surface area (Å²) in [5.41, 5.74) is 10.1. The van der Waals surface area contributed by atoms with Crippen molar-refractivity contribution in [1.82, 2.24) is 9.97 Å². The first-order valence-electron chi connectivity index (χ1n) is 4.82.